The Labute approximate surface area is 138 Å². The van der Waals surface area contributed by atoms with Gasteiger partial charge < -0.3 is 9.84 Å². The van der Waals surface area contributed by atoms with Crippen LogP contribution in [0.15, 0.2) is 11.1 Å². The monoisotopic (exact) mass is 316 g/mol. The third-order valence-electron chi connectivity index (χ3n) is 9.16. The molecule has 0 aromatic heterocycles. The summed E-state index contributed by atoms with van der Waals surface area (Å²) in [5.74, 6) is 0.838. The van der Waals surface area contributed by atoms with Crippen LogP contribution in [-0.2, 0) is 9.53 Å². The first-order valence-corrected chi connectivity index (χ1v) is 9.31. The van der Waals surface area contributed by atoms with E-state index in [0.29, 0.717) is 17.8 Å². The maximum atomic E-state index is 13.5. The summed E-state index contributed by atoms with van der Waals surface area (Å²) in [6.45, 7) is 9.56. The van der Waals surface area contributed by atoms with E-state index in [0.717, 1.165) is 38.7 Å². The molecule has 3 saturated carbocycles. The Balaban J connectivity index is 1.81. The fraction of sp³-hybridized carbons (Fsp3) is 0.850. The Bertz CT molecular complexity index is 666. The molecule has 5 aliphatic rings. The van der Waals surface area contributed by atoms with Crippen molar-refractivity contribution < 1.29 is 14.6 Å². The lowest BCUT2D eigenvalue weighted by molar-refractivity contribution is -0.369. The fourth-order valence-electron chi connectivity index (χ4n) is 8.05. The van der Waals surface area contributed by atoms with Crippen LogP contribution < -0.4 is 0 Å². The average molecular weight is 316 g/mol. The molecule has 1 spiro atoms. The Kier molecular flexibility index (Phi) is 2.40. The van der Waals surface area contributed by atoms with E-state index in [9.17, 15) is 9.90 Å². The second kappa shape index (κ2) is 3.77. The number of fused-ring (bicyclic) bond motifs is 1. The third kappa shape index (κ3) is 1.15. The summed E-state index contributed by atoms with van der Waals surface area (Å²) in [6.07, 6.45) is 4.84. The average Bonchev–Trinajstić information content (AvgIpc) is 2.46. The lowest BCUT2D eigenvalue weighted by atomic mass is 9.22. The molecule has 1 unspecified atom stereocenters. The topological polar surface area (TPSA) is 46.5 Å². The van der Waals surface area contributed by atoms with Gasteiger partial charge >= 0.3 is 0 Å². The van der Waals surface area contributed by atoms with Crippen molar-refractivity contribution in [3.63, 3.8) is 0 Å². The number of ketones is 1. The summed E-state index contributed by atoms with van der Waals surface area (Å²) in [5.41, 5.74) is 1.41. The van der Waals surface area contributed by atoms with Gasteiger partial charge in [0.05, 0.1) is 18.3 Å². The molecule has 0 radical (unpaired) electrons. The minimum absolute atomic E-state index is 0.0391. The number of rotatable bonds is 0. The molecule has 3 heteroatoms. The highest BCUT2D eigenvalue weighted by atomic mass is 16.5. The van der Waals surface area contributed by atoms with E-state index in [1.54, 1.807) is 0 Å². The molecule has 5 rings (SSSR count). The molecule has 23 heavy (non-hydrogen) atoms. The van der Waals surface area contributed by atoms with Gasteiger partial charge in [-0.3, -0.25) is 4.79 Å². The maximum absolute atomic E-state index is 13.5. The molecule has 0 amide bonds. The lowest BCUT2D eigenvalue weighted by Gasteiger charge is -2.82. The van der Waals surface area contributed by atoms with E-state index in [4.69, 9.17) is 4.74 Å². The van der Waals surface area contributed by atoms with Crippen LogP contribution in [0.5, 0.6) is 0 Å². The number of allylic oxidation sites excluding steroid dienone is 1. The predicted octanol–water partition coefficient (Wildman–Crippen LogP) is 3.26. The largest absolute Gasteiger partial charge is 0.389 e. The molecule has 126 valence electrons. The summed E-state index contributed by atoms with van der Waals surface area (Å²) in [7, 11) is 0. The van der Waals surface area contributed by atoms with Gasteiger partial charge in [0, 0.05) is 28.1 Å². The maximum Gasteiger partial charge on any atom is 0.146 e. The molecule has 1 saturated heterocycles. The Hall–Kier alpha value is -0.670. The zero-order valence-electron chi connectivity index (χ0n) is 14.7. The van der Waals surface area contributed by atoms with Gasteiger partial charge in [-0.1, -0.05) is 31.9 Å². The summed E-state index contributed by atoms with van der Waals surface area (Å²) in [5, 5.41) is 11.5. The van der Waals surface area contributed by atoms with Gasteiger partial charge in [0.25, 0.3) is 0 Å². The fourth-order valence-corrected chi connectivity index (χ4v) is 8.05. The molecular weight excluding hydrogens is 288 g/mol. The van der Waals surface area contributed by atoms with E-state index in [2.05, 4.69) is 27.7 Å². The van der Waals surface area contributed by atoms with Crippen molar-refractivity contribution in [1.29, 1.82) is 0 Å². The van der Waals surface area contributed by atoms with Crippen LogP contribution in [0.1, 0.15) is 59.8 Å². The van der Waals surface area contributed by atoms with Crippen LogP contribution in [0.4, 0.5) is 0 Å². The molecule has 1 aliphatic heterocycles. The van der Waals surface area contributed by atoms with Crippen molar-refractivity contribution in [2.75, 3.05) is 6.61 Å². The number of hydrogen-bond acceptors (Lipinski definition) is 3. The van der Waals surface area contributed by atoms with Crippen LogP contribution in [0.2, 0.25) is 0 Å². The summed E-state index contributed by atoms with van der Waals surface area (Å²) in [4.78, 5) is 13.5. The van der Waals surface area contributed by atoms with Crippen LogP contribution in [0, 0.1) is 28.1 Å². The molecule has 0 aromatic carbocycles. The van der Waals surface area contributed by atoms with Gasteiger partial charge in [0.1, 0.15) is 5.78 Å². The zero-order chi connectivity index (χ0) is 16.4. The highest BCUT2D eigenvalue weighted by Gasteiger charge is 2.85. The first-order chi connectivity index (χ1) is 10.7. The predicted molar refractivity (Wildman–Crippen MR) is 86.8 cm³/mol. The zero-order valence-corrected chi connectivity index (χ0v) is 14.7. The van der Waals surface area contributed by atoms with Crippen molar-refractivity contribution in [2.45, 2.75) is 71.5 Å². The molecule has 3 nitrogen and oxygen atoms in total. The van der Waals surface area contributed by atoms with Crippen molar-refractivity contribution in [1.82, 2.24) is 0 Å². The van der Waals surface area contributed by atoms with Crippen molar-refractivity contribution in [2.24, 2.45) is 28.1 Å². The molecule has 4 fully saturated rings. The summed E-state index contributed by atoms with van der Waals surface area (Å²) in [6, 6.07) is 0. The smallest absolute Gasteiger partial charge is 0.146 e. The number of aliphatic hydroxyl groups is 1. The van der Waals surface area contributed by atoms with Crippen LogP contribution in [0.25, 0.3) is 0 Å². The van der Waals surface area contributed by atoms with Crippen molar-refractivity contribution in [3.05, 3.63) is 11.1 Å². The van der Waals surface area contributed by atoms with Gasteiger partial charge in [0.2, 0.25) is 0 Å². The molecule has 4 aliphatic carbocycles. The number of carbonyl (C=O) groups excluding carboxylic acids is 1. The first kappa shape index (κ1) is 14.7. The van der Waals surface area contributed by atoms with E-state index in [1.165, 1.54) is 11.1 Å². The minimum atomic E-state index is -0.616. The Morgan fingerprint density at radius 1 is 1.26 bits per heavy atom. The first-order valence-electron chi connectivity index (χ1n) is 9.31. The molecule has 0 aromatic rings. The third-order valence-corrected chi connectivity index (χ3v) is 9.16. The number of Topliss-reactive ketones (excluding diaryl/α,β-unsaturated/α-hetero) is 1. The summed E-state index contributed by atoms with van der Waals surface area (Å²) < 4.78 is 5.86. The Morgan fingerprint density at radius 3 is 2.65 bits per heavy atom. The molecule has 1 N–H and O–H groups in total. The molecule has 1 heterocycles. The van der Waals surface area contributed by atoms with E-state index in [-0.39, 0.29) is 22.2 Å². The van der Waals surface area contributed by atoms with Crippen LogP contribution >= 0.6 is 0 Å². The van der Waals surface area contributed by atoms with Gasteiger partial charge in [0.15, 0.2) is 0 Å². The van der Waals surface area contributed by atoms with Crippen molar-refractivity contribution >= 4 is 5.78 Å². The van der Waals surface area contributed by atoms with Crippen LogP contribution in [0.3, 0.4) is 0 Å². The molecular formula is C20H28O3. The number of ether oxygens (including phenoxy) is 1. The van der Waals surface area contributed by atoms with Crippen molar-refractivity contribution in [3.8, 4) is 0 Å². The van der Waals surface area contributed by atoms with E-state index >= 15 is 0 Å². The van der Waals surface area contributed by atoms with E-state index in [1.807, 2.05) is 0 Å². The minimum Gasteiger partial charge on any atom is -0.389 e. The van der Waals surface area contributed by atoms with E-state index < -0.39 is 5.60 Å². The quantitative estimate of drug-likeness (QED) is 0.698. The Morgan fingerprint density at radius 2 is 2.00 bits per heavy atom. The van der Waals surface area contributed by atoms with Gasteiger partial charge in [-0.05, 0) is 39.0 Å². The van der Waals surface area contributed by atoms with Gasteiger partial charge in [-0.15, -0.1) is 0 Å². The van der Waals surface area contributed by atoms with Gasteiger partial charge in [-0.2, -0.15) is 0 Å². The second-order valence-corrected chi connectivity index (χ2v) is 9.43. The lowest BCUT2D eigenvalue weighted by Crippen LogP contribution is -2.85. The SMILES string of the molecule is CC1=C2[C@@H](C)C(=O)[C@]3(C)CC[C@H]4OC[C@H]4C34C[C@](O)(CC1)[C@]24C. The number of carbonyl (C=O) groups is 1. The highest BCUT2D eigenvalue weighted by molar-refractivity contribution is 5.93. The van der Waals surface area contributed by atoms with Crippen LogP contribution in [-0.4, -0.2) is 29.2 Å². The molecule has 0 bridgehead atoms. The molecule has 7 atom stereocenters. The van der Waals surface area contributed by atoms with Gasteiger partial charge in [-0.25, -0.2) is 0 Å². The number of hydrogen-bond donors (Lipinski definition) is 1. The highest BCUT2D eigenvalue weighted by Crippen LogP contribution is 2.84. The normalized spacial score (nSPS) is 60.2. The standard InChI is InChI=1S/C20H28O3/c1-11-5-8-19(22)10-20-13-9-23-14(13)6-7-17(20,3)16(21)12(2)15(11)18(19,20)4/h12-14,22H,5-10H2,1-4H3/t12-,13-,14-,17+,18+,19-,20?/m1/s1. The summed E-state index contributed by atoms with van der Waals surface area (Å²) >= 11 is 0. The second-order valence-electron chi connectivity index (χ2n) is 9.43.